The van der Waals surface area contributed by atoms with E-state index in [1.165, 1.54) is 12.0 Å². The third-order valence-corrected chi connectivity index (χ3v) is 5.91. The molecule has 1 aliphatic rings. The molecule has 0 atom stereocenters. The number of ether oxygens (including phenoxy) is 1. The van der Waals surface area contributed by atoms with Crippen molar-refractivity contribution >= 4 is 46.1 Å². The van der Waals surface area contributed by atoms with Crippen LogP contribution in [0, 0.1) is 6.92 Å². The van der Waals surface area contributed by atoms with Crippen molar-refractivity contribution in [3.05, 3.63) is 88.6 Å². The monoisotopic (exact) mass is 461 g/mol. The smallest absolute Gasteiger partial charge is 0.282 e. The first-order valence-electron chi connectivity index (χ1n) is 10.4. The fraction of sp³-hybridized carbons (Fsp3) is 0.154. The second-order valence-corrected chi connectivity index (χ2v) is 8.31. The molecule has 0 unspecified atom stereocenters. The van der Waals surface area contributed by atoms with Gasteiger partial charge in [-0.1, -0.05) is 41.9 Å². The summed E-state index contributed by atoms with van der Waals surface area (Å²) in [5, 5.41) is 3.71. The average Bonchev–Trinajstić information content (AvgIpc) is 3.05. The number of carbonyl (C=O) groups excluding carboxylic acids is 2. The van der Waals surface area contributed by atoms with Crippen LogP contribution in [0.2, 0.25) is 5.02 Å². The molecule has 1 aliphatic heterocycles. The van der Waals surface area contributed by atoms with Gasteiger partial charge >= 0.3 is 0 Å². The topological polar surface area (TPSA) is 61.9 Å². The number of rotatable bonds is 6. The number of para-hydroxylation sites is 1. The average molecular weight is 462 g/mol. The number of imide groups is 1. The van der Waals surface area contributed by atoms with Crippen LogP contribution in [-0.2, 0) is 9.59 Å². The molecule has 1 N–H and O–H groups in total. The fourth-order valence-electron chi connectivity index (χ4n) is 3.71. The fourth-order valence-corrected chi connectivity index (χ4v) is 3.89. The summed E-state index contributed by atoms with van der Waals surface area (Å²) in [6, 6.07) is 19.8. The van der Waals surface area contributed by atoms with E-state index in [1.807, 2.05) is 56.3 Å². The summed E-state index contributed by atoms with van der Waals surface area (Å²) >= 11 is 6.29. The molecular weight excluding hydrogens is 438 g/mol. The Morgan fingerprint density at radius 1 is 0.939 bits per heavy atom. The van der Waals surface area contributed by atoms with Crippen LogP contribution in [0.25, 0.3) is 5.57 Å². The number of hydrogen-bond acceptors (Lipinski definition) is 5. The summed E-state index contributed by atoms with van der Waals surface area (Å²) in [7, 11) is 5.34. The van der Waals surface area contributed by atoms with E-state index < -0.39 is 11.8 Å². The van der Waals surface area contributed by atoms with E-state index in [1.54, 1.807) is 36.4 Å². The molecule has 4 rings (SSSR count). The highest BCUT2D eigenvalue weighted by Gasteiger charge is 2.41. The second kappa shape index (κ2) is 9.00. The van der Waals surface area contributed by atoms with Crippen LogP contribution >= 0.6 is 11.6 Å². The van der Waals surface area contributed by atoms with Crippen LogP contribution in [0.4, 0.5) is 17.1 Å². The van der Waals surface area contributed by atoms with Crippen molar-refractivity contribution in [3.63, 3.8) is 0 Å². The molecule has 33 heavy (non-hydrogen) atoms. The Hall–Kier alpha value is -3.77. The second-order valence-electron chi connectivity index (χ2n) is 7.90. The Balaban J connectivity index is 1.86. The highest BCUT2D eigenvalue weighted by atomic mass is 35.5. The van der Waals surface area contributed by atoms with E-state index in [0.29, 0.717) is 27.7 Å². The lowest BCUT2D eigenvalue weighted by molar-refractivity contribution is -0.120. The number of nitrogens with zero attached hydrogens (tertiary/aromatic N) is 2. The Bertz CT molecular complexity index is 1280. The molecule has 0 saturated heterocycles. The van der Waals surface area contributed by atoms with Gasteiger partial charge in [-0.05, 0) is 48.9 Å². The number of anilines is 3. The number of halogens is 1. The van der Waals surface area contributed by atoms with Crippen LogP contribution in [0.5, 0.6) is 5.75 Å². The first-order valence-corrected chi connectivity index (χ1v) is 10.8. The van der Waals surface area contributed by atoms with Gasteiger partial charge in [-0.3, -0.25) is 9.59 Å². The molecular formula is C26H24ClN3O3. The lowest BCUT2D eigenvalue weighted by Gasteiger charge is -2.19. The molecule has 0 radical (unpaired) electrons. The van der Waals surface area contributed by atoms with E-state index in [0.717, 1.165) is 11.3 Å². The van der Waals surface area contributed by atoms with E-state index in [2.05, 4.69) is 5.32 Å². The van der Waals surface area contributed by atoms with Crippen molar-refractivity contribution in [1.82, 2.24) is 0 Å². The van der Waals surface area contributed by atoms with Crippen molar-refractivity contribution in [2.24, 2.45) is 0 Å². The maximum atomic E-state index is 13.7. The van der Waals surface area contributed by atoms with Crippen molar-refractivity contribution in [1.29, 1.82) is 0 Å². The predicted molar refractivity (Wildman–Crippen MR) is 133 cm³/mol. The van der Waals surface area contributed by atoms with Crippen LogP contribution in [0.3, 0.4) is 0 Å². The molecule has 0 aliphatic carbocycles. The summed E-state index contributed by atoms with van der Waals surface area (Å²) < 4.78 is 5.49. The van der Waals surface area contributed by atoms with E-state index in [9.17, 15) is 9.59 Å². The largest absolute Gasteiger partial charge is 0.496 e. The summed E-state index contributed by atoms with van der Waals surface area (Å²) in [4.78, 5) is 30.4. The molecule has 3 aromatic carbocycles. The summed E-state index contributed by atoms with van der Waals surface area (Å²) in [5.41, 5.74) is 3.82. The minimum atomic E-state index is -0.450. The number of aryl methyl sites for hydroxylation is 1. The van der Waals surface area contributed by atoms with Gasteiger partial charge in [-0.2, -0.15) is 0 Å². The number of methoxy groups -OCH3 is 1. The molecule has 1 heterocycles. The number of carbonyl (C=O) groups is 2. The quantitative estimate of drug-likeness (QED) is 0.516. The molecule has 2 amide bonds. The summed E-state index contributed by atoms with van der Waals surface area (Å²) in [5.74, 6) is -0.381. The van der Waals surface area contributed by atoms with E-state index >= 15 is 0 Å². The van der Waals surface area contributed by atoms with Gasteiger partial charge in [0, 0.05) is 36.1 Å². The van der Waals surface area contributed by atoms with Crippen molar-refractivity contribution < 1.29 is 14.3 Å². The highest BCUT2D eigenvalue weighted by Crippen LogP contribution is 2.38. The van der Waals surface area contributed by atoms with Crippen molar-refractivity contribution in [3.8, 4) is 5.75 Å². The minimum Gasteiger partial charge on any atom is -0.496 e. The van der Waals surface area contributed by atoms with Gasteiger partial charge in [-0.15, -0.1) is 0 Å². The maximum absolute atomic E-state index is 13.7. The zero-order chi connectivity index (χ0) is 23.7. The normalized spacial score (nSPS) is 13.5. The molecule has 0 fully saturated rings. The van der Waals surface area contributed by atoms with Gasteiger partial charge in [0.1, 0.15) is 11.4 Å². The van der Waals surface area contributed by atoms with Gasteiger partial charge < -0.3 is 15.0 Å². The van der Waals surface area contributed by atoms with Gasteiger partial charge in [0.2, 0.25) is 0 Å². The third-order valence-electron chi connectivity index (χ3n) is 5.51. The Morgan fingerprint density at radius 3 is 2.39 bits per heavy atom. The van der Waals surface area contributed by atoms with Crippen LogP contribution in [0.1, 0.15) is 11.1 Å². The lowest BCUT2D eigenvalue weighted by Crippen LogP contribution is -2.32. The number of benzene rings is 3. The standard InChI is InChI=1S/C26H24ClN3O3/c1-16-12-13-17(14-21(16)27)28-24-23(20-10-5-6-11-22(20)33-4)25(31)30(26(24)32)19-9-7-8-18(15-19)29(2)3/h5-15,28H,1-4H3. The van der Waals surface area contributed by atoms with Crippen LogP contribution in [0.15, 0.2) is 72.4 Å². The molecule has 0 saturated carbocycles. The van der Waals surface area contributed by atoms with Gasteiger partial charge in [0.15, 0.2) is 0 Å². The highest BCUT2D eigenvalue weighted by molar-refractivity contribution is 6.46. The Morgan fingerprint density at radius 2 is 1.70 bits per heavy atom. The first-order chi connectivity index (χ1) is 15.8. The van der Waals surface area contributed by atoms with Crippen molar-refractivity contribution in [2.45, 2.75) is 6.92 Å². The lowest BCUT2D eigenvalue weighted by atomic mass is 10.0. The molecule has 7 heteroatoms. The number of hydrogen-bond donors (Lipinski definition) is 1. The molecule has 0 bridgehead atoms. The zero-order valence-electron chi connectivity index (χ0n) is 18.8. The Kier molecular flexibility index (Phi) is 6.11. The Labute approximate surface area is 198 Å². The summed E-state index contributed by atoms with van der Waals surface area (Å²) in [6.45, 7) is 1.90. The summed E-state index contributed by atoms with van der Waals surface area (Å²) in [6.07, 6.45) is 0. The molecule has 0 aromatic heterocycles. The van der Waals surface area contributed by atoms with Gasteiger partial charge in [0.05, 0.1) is 18.4 Å². The van der Waals surface area contributed by atoms with Crippen LogP contribution in [-0.4, -0.2) is 33.0 Å². The number of nitrogens with one attached hydrogen (secondary N) is 1. The molecule has 3 aromatic rings. The molecule has 6 nitrogen and oxygen atoms in total. The number of amides is 2. The van der Waals surface area contributed by atoms with Crippen LogP contribution < -0.4 is 19.9 Å². The molecule has 168 valence electrons. The molecule has 0 spiro atoms. The zero-order valence-corrected chi connectivity index (χ0v) is 19.6. The van der Waals surface area contributed by atoms with Gasteiger partial charge in [0.25, 0.3) is 11.8 Å². The maximum Gasteiger partial charge on any atom is 0.282 e. The van der Waals surface area contributed by atoms with E-state index in [4.69, 9.17) is 16.3 Å². The third kappa shape index (κ3) is 4.17. The minimum absolute atomic E-state index is 0.166. The first kappa shape index (κ1) is 22.4. The van der Waals surface area contributed by atoms with Crippen molar-refractivity contribution in [2.75, 3.05) is 36.3 Å². The van der Waals surface area contributed by atoms with Gasteiger partial charge in [-0.25, -0.2) is 4.90 Å². The SMILES string of the molecule is COc1ccccc1C1=C(Nc2ccc(C)c(Cl)c2)C(=O)N(c2cccc(N(C)C)c2)C1=O. The van der Waals surface area contributed by atoms with E-state index in [-0.39, 0.29) is 11.3 Å². The predicted octanol–water partition coefficient (Wildman–Crippen LogP) is 5.12.